The second-order valence-corrected chi connectivity index (χ2v) is 5.22. The zero-order valence-corrected chi connectivity index (χ0v) is 12.4. The maximum atomic E-state index is 6.01. The van der Waals surface area contributed by atoms with Crippen LogP contribution >= 0.6 is 11.6 Å². The molecule has 1 aromatic heterocycles. The van der Waals surface area contributed by atoms with Gasteiger partial charge >= 0.3 is 0 Å². The molecule has 2 rings (SSSR count). The van der Waals surface area contributed by atoms with Crippen molar-refractivity contribution >= 4 is 23.5 Å². The molecule has 0 spiro atoms. The zero-order valence-electron chi connectivity index (χ0n) is 11.7. The highest BCUT2D eigenvalue weighted by atomic mass is 35.5. The maximum absolute atomic E-state index is 6.01. The van der Waals surface area contributed by atoms with E-state index in [9.17, 15) is 0 Å². The number of halogens is 1. The van der Waals surface area contributed by atoms with Crippen molar-refractivity contribution < 1.29 is 0 Å². The van der Waals surface area contributed by atoms with E-state index >= 15 is 0 Å². The summed E-state index contributed by atoms with van der Waals surface area (Å²) < 4.78 is 0. The second-order valence-electron chi connectivity index (χ2n) is 4.88. The number of nitrogens with zero attached hydrogens (tertiary/aromatic N) is 4. The zero-order chi connectivity index (χ0) is 13.7. The van der Waals surface area contributed by atoms with Crippen LogP contribution in [-0.4, -0.2) is 34.1 Å². The SMILES string of the molecule is CCCNc1nc(Cl)nc(N(CC)C2CCCC2)n1. The van der Waals surface area contributed by atoms with Gasteiger partial charge in [0.25, 0.3) is 0 Å². The van der Waals surface area contributed by atoms with Crippen LogP contribution in [0.5, 0.6) is 0 Å². The van der Waals surface area contributed by atoms with Crippen LogP contribution in [-0.2, 0) is 0 Å². The molecule has 1 aliphatic rings. The molecule has 0 aromatic carbocycles. The molecule has 1 saturated carbocycles. The average Bonchev–Trinajstić information content (AvgIpc) is 2.90. The third-order valence-corrected chi connectivity index (χ3v) is 3.66. The molecule has 0 atom stereocenters. The van der Waals surface area contributed by atoms with E-state index in [2.05, 4.69) is 39.0 Å². The molecule has 19 heavy (non-hydrogen) atoms. The number of nitrogens with one attached hydrogen (secondary N) is 1. The second kappa shape index (κ2) is 6.89. The van der Waals surface area contributed by atoms with Crippen LogP contribution in [0.25, 0.3) is 0 Å². The molecular formula is C13H22ClN5. The first-order valence-corrected chi connectivity index (χ1v) is 7.54. The molecule has 0 aliphatic heterocycles. The van der Waals surface area contributed by atoms with Gasteiger partial charge in [-0.25, -0.2) is 0 Å². The van der Waals surface area contributed by atoms with Crippen LogP contribution in [0.4, 0.5) is 11.9 Å². The molecule has 1 heterocycles. The lowest BCUT2D eigenvalue weighted by Gasteiger charge is -2.27. The van der Waals surface area contributed by atoms with E-state index < -0.39 is 0 Å². The lowest BCUT2D eigenvalue weighted by molar-refractivity contribution is 0.604. The summed E-state index contributed by atoms with van der Waals surface area (Å²) in [6, 6.07) is 0.544. The van der Waals surface area contributed by atoms with Crippen LogP contribution in [0.1, 0.15) is 46.0 Å². The Hall–Kier alpha value is -1.10. The molecule has 6 heteroatoms. The molecule has 0 unspecified atom stereocenters. The molecule has 0 bridgehead atoms. The summed E-state index contributed by atoms with van der Waals surface area (Å²) in [7, 11) is 0. The smallest absolute Gasteiger partial charge is 0.231 e. The van der Waals surface area contributed by atoms with E-state index in [0.29, 0.717) is 17.9 Å². The van der Waals surface area contributed by atoms with Gasteiger partial charge in [-0.1, -0.05) is 19.8 Å². The first-order valence-electron chi connectivity index (χ1n) is 7.16. The Morgan fingerprint density at radius 1 is 1.21 bits per heavy atom. The minimum absolute atomic E-state index is 0.264. The number of rotatable bonds is 6. The van der Waals surface area contributed by atoms with Crippen LogP contribution in [0.3, 0.4) is 0 Å². The van der Waals surface area contributed by atoms with Gasteiger partial charge in [-0.05, 0) is 37.8 Å². The molecule has 0 amide bonds. The summed E-state index contributed by atoms with van der Waals surface area (Å²) in [5, 5.41) is 3.44. The minimum atomic E-state index is 0.264. The highest BCUT2D eigenvalue weighted by Gasteiger charge is 2.24. The summed E-state index contributed by atoms with van der Waals surface area (Å²) in [4.78, 5) is 15.1. The van der Waals surface area contributed by atoms with Gasteiger partial charge in [-0.15, -0.1) is 0 Å². The fourth-order valence-electron chi connectivity index (χ4n) is 2.56. The molecule has 1 N–H and O–H groups in total. The van der Waals surface area contributed by atoms with Crippen LogP contribution < -0.4 is 10.2 Å². The van der Waals surface area contributed by atoms with Crippen molar-refractivity contribution in [3.8, 4) is 0 Å². The van der Waals surface area contributed by atoms with Crippen molar-refractivity contribution in [1.29, 1.82) is 0 Å². The van der Waals surface area contributed by atoms with E-state index in [0.717, 1.165) is 19.5 Å². The van der Waals surface area contributed by atoms with E-state index in [1.807, 2.05) is 0 Å². The Morgan fingerprint density at radius 2 is 1.95 bits per heavy atom. The maximum Gasteiger partial charge on any atom is 0.231 e. The first-order chi connectivity index (χ1) is 9.24. The normalized spacial score (nSPS) is 15.7. The van der Waals surface area contributed by atoms with Gasteiger partial charge in [0.2, 0.25) is 17.2 Å². The molecule has 0 radical (unpaired) electrons. The van der Waals surface area contributed by atoms with Gasteiger partial charge in [-0.2, -0.15) is 15.0 Å². The van der Waals surface area contributed by atoms with Crippen LogP contribution in [0, 0.1) is 0 Å². The molecule has 1 aromatic rings. The largest absolute Gasteiger partial charge is 0.354 e. The Labute approximate surface area is 119 Å². The van der Waals surface area contributed by atoms with Gasteiger partial charge in [0, 0.05) is 19.1 Å². The Kier molecular flexibility index (Phi) is 5.19. The lowest BCUT2D eigenvalue weighted by Crippen LogP contribution is -2.34. The summed E-state index contributed by atoms with van der Waals surface area (Å²) in [5.74, 6) is 1.28. The van der Waals surface area contributed by atoms with Gasteiger partial charge < -0.3 is 10.2 Å². The van der Waals surface area contributed by atoms with Crippen molar-refractivity contribution in [3.63, 3.8) is 0 Å². The Bertz CT molecular complexity index is 406. The third kappa shape index (κ3) is 3.69. The van der Waals surface area contributed by atoms with Gasteiger partial charge in [0.1, 0.15) is 0 Å². The number of aromatic nitrogens is 3. The van der Waals surface area contributed by atoms with Crippen molar-refractivity contribution in [1.82, 2.24) is 15.0 Å². The summed E-state index contributed by atoms with van der Waals surface area (Å²) >= 11 is 6.01. The first kappa shape index (κ1) is 14.3. The fourth-order valence-corrected chi connectivity index (χ4v) is 2.72. The van der Waals surface area contributed by atoms with Crippen LogP contribution in [0.15, 0.2) is 0 Å². The number of hydrogen-bond donors (Lipinski definition) is 1. The molecular weight excluding hydrogens is 262 g/mol. The van der Waals surface area contributed by atoms with E-state index in [4.69, 9.17) is 11.6 Å². The van der Waals surface area contributed by atoms with Crippen molar-refractivity contribution in [2.45, 2.75) is 52.0 Å². The number of hydrogen-bond acceptors (Lipinski definition) is 5. The minimum Gasteiger partial charge on any atom is -0.354 e. The summed E-state index contributed by atoms with van der Waals surface area (Å²) in [5.41, 5.74) is 0. The van der Waals surface area contributed by atoms with Gasteiger partial charge in [-0.3, -0.25) is 0 Å². The monoisotopic (exact) mass is 283 g/mol. The predicted octanol–water partition coefficient (Wildman–Crippen LogP) is 3.12. The topological polar surface area (TPSA) is 53.9 Å². The highest BCUT2D eigenvalue weighted by molar-refractivity contribution is 6.28. The Balaban J connectivity index is 2.18. The van der Waals surface area contributed by atoms with E-state index in [-0.39, 0.29) is 5.28 Å². The molecule has 1 aliphatic carbocycles. The van der Waals surface area contributed by atoms with Crippen molar-refractivity contribution in [2.75, 3.05) is 23.3 Å². The molecule has 106 valence electrons. The average molecular weight is 284 g/mol. The molecule has 1 fully saturated rings. The summed E-state index contributed by atoms with van der Waals surface area (Å²) in [6.45, 7) is 5.98. The lowest BCUT2D eigenvalue weighted by atomic mass is 10.2. The standard InChI is InChI=1S/C13H22ClN5/c1-3-9-15-12-16-11(14)17-13(18-12)19(4-2)10-7-5-6-8-10/h10H,3-9H2,1-2H3,(H,15,16,17,18). The third-order valence-electron chi connectivity index (χ3n) is 3.49. The van der Waals surface area contributed by atoms with Crippen LogP contribution in [0.2, 0.25) is 5.28 Å². The molecule has 5 nitrogen and oxygen atoms in total. The number of anilines is 2. The fraction of sp³-hybridized carbons (Fsp3) is 0.769. The highest BCUT2D eigenvalue weighted by Crippen LogP contribution is 2.26. The summed E-state index contributed by atoms with van der Waals surface area (Å²) in [6.07, 6.45) is 6.05. The van der Waals surface area contributed by atoms with Crippen molar-refractivity contribution in [2.24, 2.45) is 0 Å². The Morgan fingerprint density at radius 3 is 2.58 bits per heavy atom. The van der Waals surface area contributed by atoms with Gasteiger partial charge in [0.05, 0.1) is 0 Å². The molecule has 0 saturated heterocycles. The van der Waals surface area contributed by atoms with E-state index in [1.165, 1.54) is 25.7 Å². The van der Waals surface area contributed by atoms with E-state index in [1.54, 1.807) is 0 Å². The van der Waals surface area contributed by atoms with Gasteiger partial charge in [0.15, 0.2) is 0 Å². The van der Waals surface area contributed by atoms with Crippen molar-refractivity contribution in [3.05, 3.63) is 5.28 Å². The quantitative estimate of drug-likeness (QED) is 0.869. The predicted molar refractivity (Wildman–Crippen MR) is 78.9 cm³/mol.